The lowest BCUT2D eigenvalue weighted by Gasteiger charge is -2.57. The number of methoxy groups -OCH3 is 1. The number of nitrogens with two attached hydrogens (primary N) is 1. The summed E-state index contributed by atoms with van der Waals surface area (Å²) in [6.07, 6.45) is 1.91. The molecule has 1 fully saturated rings. The fraction of sp³-hybridized carbons (Fsp3) is 0.588. The minimum Gasteiger partial charge on any atom is -0.378 e. The van der Waals surface area contributed by atoms with Crippen LogP contribution in [0, 0.1) is 5.41 Å². The molecule has 2 atom stereocenters. The lowest BCUT2D eigenvalue weighted by atomic mass is 9.56. The number of nitrogens with zero attached hydrogens (tertiary/aromatic N) is 1. The van der Waals surface area contributed by atoms with Crippen LogP contribution < -0.4 is 11.1 Å². The van der Waals surface area contributed by atoms with E-state index in [4.69, 9.17) is 10.5 Å². The smallest absolute Gasteiger partial charge is 0.193 e. The van der Waals surface area contributed by atoms with E-state index in [9.17, 15) is 0 Å². The molecule has 1 aromatic carbocycles. The van der Waals surface area contributed by atoms with Gasteiger partial charge in [0.25, 0.3) is 0 Å². The number of guanidine groups is 1. The molecule has 3 N–H and O–H groups in total. The SMILES string of the molecule is CCc1cccc(NC(N)=NC2CC(C)(OC)C2(C)C)c1.I. The molecule has 0 bridgehead atoms. The number of rotatable bonds is 4. The maximum Gasteiger partial charge on any atom is 0.193 e. The molecule has 1 aromatic rings. The van der Waals surface area contributed by atoms with Gasteiger partial charge < -0.3 is 15.8 Å². The summed E-state index contributed by atoms with van der Waals surface area (Å²) in [6, 6.07) is 8.44. The van der Waals surface area contributed by atoms with E-state index >= 15 is 0 Å². The third-order valence-corrected chi connectivity index (χ3v) is 5.13. The number of hydrogen-bond donors (Lipinski definition) is 2. The van der Waals surface area contributed by atoms with Crippen LogP contribution in [0.1, 0.15) is 39.7 Å². The van der Waals surface area contributed by atoms with Gasteiger partial charge in [0.05, 0.1) is 11.6 Å². The molecule has 2 rings (SSSR count). The normalized spacial score (nSPS) is 26.8. The van der Waals surface area contributed by atoms with Crippen LogP contribution in [0.5, 0.6) is 0 Å². The summed E-state index contributed by atoms with van der Waals surface area (Å²) < 4.78 is 5.62. The van der Waals surface area contributed by atoms with Crippen molar-refractivity contribution in [2.24, 2.45) is 16.1 Å². The van der Waals surface area contributed by atoms with Crippen molar-refractivity contribution < 1.29 is 4.74 Å². The molecular weight excluding hydrogens is 389 g/mol. The molecule has 5 heteroatoms. The first kappa shape index (κ1) is 19.2. The number of benzene rings is 1. The lowest BCUT2D eigenvalue weighted by molar-refractivity contribution is -0.171. The monoisotopic (exact) mass is 417 g/mol. The Labute approximate surface area is 150 Å². The van der Waals surface area contributed by atoms with Crippen LogP contribution in [-0.4, -0.2) is 24.7 Å². The average Bonchev–Trinajstić information content (AvgIpc) is 2.46. The number of anilines is 1. The molecule has 0 radical (unpaired) electrons. The Morgan fingerprint density at radius 3 is 2.64 bits per heavy atom. The van der Waals surface area contributed by atoms with E-state index in [-0.39, 0.29) is 41.0 Å². The molecule has 1 aliphatic carbocycles. The second-order valence-corrected chi connectivity index (χ2v) is 6.57. The van der Waals surface area contributed by atoms with E-state index in [0.29, 0.717) is 5.96 Å². The van der Waals surface area contributed by atoms with Gasteiger partial charge in [0.1, 0.15) is 0 Å². The van der Waals surface area contributed by atoms with E-state index in [1.165, 1.54) is 5.56 Å². The van der Waals surface area contributed by atoms with Crippen molar-refractivity contribution in [3.63, 3.8) is 0 Å². The van der Waals surface area contributed by atoms with Crippen molar-refractivity contribution in [3.8, 4) is 0 Å². The zero-order valence-electron chi connectivity index (χ0n) is 14.1. The summed E-state index contributed by atoms with van der Waals surface area (Å²) in [7, 11) is 1.76. The predicted molar refractivity (Wildman–Crippen MR) is 104 cm³/mol. The van der Waals surface area contributed by atoms with Crippen LogP contribution in [0.25, 0.3) is 0 Å². The molecule has 2 unspecified atom stereocenters. The fourth-order valence-electron chi connectivity index (χ4n) is 2.88. The van der Waals surface area contributed by atoms with Gasteiger partial charge in [-0.2, -0.15) is 0 Å². The molecular formula is C17H28IN3O. The van der Waals surface area contributed by atoms with Crippen LogP contribution in [0.15, 0.2) is 29.3 Å². The van der Waals surface area contributed by atoms with Gasteiger partial charge in [-0.3, -0.25) is 0 Å². The first-order valence-corrected chi connectivity index (χ1v) is 7.57. The zero-order valence-corrected chi connectivity index (χ0v) is 16.5. The summed E-state index contributed by atoms with van der Waals surface area (Å²) in [4.78, 5) is 4.63. The van der Waals surface area contributed by atoms with Crippen molar-refractivity contribution in [2.75, 3.05) is 12.4 Å². The maximum atomic E-state index is 6.06. The quantitative estimate of drug-likeness (QED) is 0.445. The van der Waals surface area contributed by atoms with E-state index in [0.717, 1.165) is 18.5 Å². The lowest BCUT2D eigenvalue weighted by Crippen LogP contribution is -2.62. The summed E-state index contributed by atoms with van der Waals surface area (Å²) in [6.45, 7) is 8.63. The first-order valence-electron chi connectivity index (χ1n) is 7.57. The number of hydrogen-bond acceptors (Lipinski definition) is 2. The Morgan fingerprint density at radius 2 is 2.09 bits per heavy atom. The highest BCUT2D eigenvalue weighted by atomic mass is 127. The summed E-state index contributed by atoms with van der Waals surface area (Å²) in [5, 5.41) is 3.19. The van der Waals surface area contributed by atoms with Crippen molar-refractivity contribution in [3.05, 3.63) is 29.8 Å². The van der Waals surface area contributed by atoms with Gasteiger partial charge in [0.15, 0.2) is 5.96 Å². The van der Waals surface area contributed by atoms with Gasteiger partial charge in [0.2, 0.25) is 0 Å². The van der Waals surface area contributed by atoms with E-state index in [2.05, 4.69) is 50.1 Å². The summed E-state index contributed by atoms with van der Waals surface area (Å²) in [5.41, 5.74) is 8.19. The van der Waals surface area contributed by atoms with Gasteiger partial charge in [-0.15, -0.1) is 24.0 Å². The molecule has 0 heterocycles. The van der Waals surface area contributed by atoms with Crippen LogP contribution in [0.4, 0.5) is 5.69 Å². The Bertz CT molecular complexity index is 544. The van der Waals surface area contributed by atoms with Gasteiger partial charge >= 0.3 is 0 Å². The molecule has 0 amide bonds. The number of aryl methyl sites for hydroxylation is 1. The van der Waals surface area contributed by atoms with Gasteiger partial charge in [-0.25, -0.2) is 4.99 Å². The third-order valence-electron chi connectivity index (χ3n) is 5.13. The topological polar surface area (TPSA) is 59.6 Å². The number of ether oxygens (including phenoxy) is 1. The van der Waals surface area contributed by atoms with E-state index in [1.54, 1.807) is 7.11 Å². The van der Waals surface area contributed by atoms with Gasteiger partial charge in [0, 0.05) is 18.2 Å². The van der Waals surface area contributed by atoms with Crippen LogP contribution in [-0.2, 0) is 11.2 Å². The minimum absolute atomic E-state index is 0. The molecule has 1 saturated carbocycles. The average molecular weight is 417 g/mol. The fourth-order valence-corrected chi connectivity index (χ4v) is 2.88. The summed E-state index contributed by atoms with van der Waals surface area (Å²) >= 11 is 0. The Balaban J connectivity index is 0.00000242. The molecule has 4 nitrogen and oxygen atoms in total. The largest absolute Gasteiger partial charge is 0.378 e. The van der Waals surface area contributed by atoms with Crippen molar-refractivity contribution >= 4 is 35.6 Å². The Hall–Kier alpha value is -0.820. The standard InChI is InChI=1S/C17H27N3O.HI/c1-6-12-8-7-9-13(10-12)19-15(18)20-14-11-17(4,21-5)16(14,2)3;/h7-10,14H,6,11H2,1-5H3,(H3,18,19,20);1H. The van der Waals surface area contributed by atoms with Gasteiger partial charge in [-0.05, 0) is 37.5 Å². The number of halogens is 1. The molecule has 0 aliphatic heterocycles. The predicted octanol–water partition coefficient (Wildman–Crippen LogP) is 3.80. The Morgan fingerprint density at radius 1 is 1.41 bits per heavy atom. The molecule has 22 heavy (non-hydrogen) atoms. The van der Waals surface area contributed by atoms with Gasteiger partial charge in [-0.1, -0.05) is 32.9 Å². The second-order valence-electron chi connectivity index (χ2n) is 6.57. The number of nitrogens with one attached hydrogen (secondary N) is 1. The highest BCUT2D eigenvalue weighted by Crippen LogP contribution is 2.53. The maximum absolute atomic E-state index is 6.06. The van der Waals surface area contributed by atoms with Crippen LogP contribution in [0.3, 0.4) is 0 Å². The van der Waals surface area contributed by atoms with Crippen molar-refractivity contribution in [1.82, 2.24) is 0 Å². The zero-order chi connectivity index (χ0) is 15.7. The van der Waals surface area contributed by atoms with Crippen molar-refractivity contribution in [2.45, 2.75) is 52.2 Å². The molecule has 124 valence electrons. The number of aliphatic imine (C=N–C) groups is 1. The minimum atomic E-state index is -0.121. The Kier molecular flexibility index (Phi) is 6.27. The third kappa shape index (κ3) is 3.56. The highest BCUT2D eigenvalue weighted by molar-refractivity contribution is 14.0. The molecule has 0 saturated heterocycles. The molecule has 1 aliphatic rings. The first-order chi connectivity index (χ1) is 9.82. The molecule has 0 aromatic heterocycles. The van der Waals surface area contributed by atoms with Crippen LogP contribution >= 0.6 is 24.0 Å². The van der Waals surface area contributed by atoms with Crippen molar-refractivity contribution in [1.29, 1.82) is 0 Å². The van der Waals surface area contributed by atoms with Crippen LogP contribution in [0.2, 0.25) is 0 Å². The second kappa shape index (κ2) is 7.17. The van der Waals surface area contributed by atoms with E-state index in [1.807, 2.05) is 12.1 Å². The highest BCUT2D eigenvalue weighted by Gasteiger charge is 2.58. The summed E-state index contributed by atoms with van der Waals surface area (Å²) in [5.74, 6) is 0.472. The molecule has 0 spiro atoms. The van der Waals surface area contributed by atoms with E-state index < -0.39 is 0 Å².